The number of aromatic nitrogens is 1. The molecule has 0 saturated carbocycles. The van der Waals surface area contributed by atoms with Crippen molar-refractivity contribution in [1.29, 1.82) is 0 Å². The van der Waals surface area contributed by atoms with E-state index in [2.05, 4.69) is 51.2 Å². The molecule has 0 bridgehead atoms. The highest BCUT2D eigenvalue weighted by Gasteiger charge is 2.16. The van der Waals surface area contributed by atoms with E-state index in [0.29, 0.717) is 11.7 Å². The summed E-state index contributed by atoms with van der Waals surface area (Å²) in [7, 11) is 4.14. The van der Waals surface area contributed by atoms with Gasteiger partial charge in [0.2, 0.25) is 0 Å². The average molecular weight is 446 g/mol. The van der Waals surface area contributed by atoms with Crippen molar-refractivity contribution in [3.05, 3.63) is 45.7 Å². The molecule has 7 nitrogen and oxygen atoms in total. The molecule has 1 aromatic heterocycles. The Labute approximate surface area is 190 Å². The number of morpholine rings is 1. The third kappa shape index (κ3) is 7.28. The van der Waals surface area contributed by atoms with Gasteiger partial charge in [-0.05, 0) is 69.3 Å². The Hall–Kier alpha value is -2.00. The maximum absolute atomic E-state index is 12.8. The molecular formula is C23H35N5O2S. The number of benzene rings is 1. The molecular weight excluding hydrogens is 410 g/mol. The highest BCUT2D eigenvalue weighted by molar-refractivity contribution is 7.80. The van der Waals surface area contributed by atoms with Crippen LogP contribution >= 0.6 is 12.2 Å². The second-order valence-corrected chi connectivity index (χ2v) is 8.87. The maximum Gasteiger partial charge on any atom is 0.253 e. The van der Waals surface area contributed by atoms with Crippen LogP contribution in [0.25, 0.3) is 10.9 Å². The van der Waals surface area contributed by atoms with E-state index in [0.717, 1.165) is 80.9 Å². The minimum Gasteiger partial charge on any atom is -0.379 e. The van der Waals surface area contributed by atoms with Gasteiger partial charge in [0.25, 0.3) is 5.56 Å². The summed E-state index contributed by atoms with van der Waals surface area (Å²) in [5, 5.41) is 5.13. The zero-order valence-electron chi connectivity index (χ0n) is 18.9. The number of aryl methyl sites for hydroxylation is 1. The van der Waals surface area contributed by atoms with E-state index >= 15 is 0 Å². The van der Waals surface area contributed by atoms with Crippen molar-refractivity contribution >= 4 is 28.2 Å². The lowest BCUT2D eigenvalue weighted by Gasteiger charge is -2.31. The van der Waals surface area contributed by atoms with Crippen LogP contribution in [-0.2, 0) is 11.3 Å². The Morgan fingerprint density at radius 1 is 1.23 bits per heavy atom. The van der Waals surface area contributed by atoms with Crippen LogP contribution in [0.3, 0.4) is 0 Å². The summed E-state index contributed by atoms with van der Waals surface area (Å²) in [6.45, 7) is 9.43. The summed E-state index contributed by atoms with van der Waals surface area (Å²) >= 11 is 5.72. The van der Waals surface area contributed by atoms with E-state index in [-0.39, 0.29) is 5.56 Å². The number of nitrogens with zero attached hydrogens (tertiary/aromatic N) is 3. The van der Waals surface area contributed by atoms with Crippen LogP contribution in [0.5, 0.6) is 0 Å². The SMILES string of the molecule is Cc1ccc2cc(CN(CCN3CCOCC3)C(=S)NCCCN(C)C)c(=O)[nH]c2c1. The molecule has 2 aromatic rings. The van der Waals surface area contributed by atoms with Gasteiger partial charge in [0, 0.05) is 43.8 Å². The number of pyridine rings is 1. The first kappa shape index (κ1) is 23.7. The van der Waals surface area contributed by atoms with Crippen LogP contribution in [0.2, 0.25) is 0 Å². The van der Waals surface area contributed by atoms with E-state index in [1.165, 1.54) is 0 Å². The lowest BCUT2D eigenvalue weighted by atomic mass is 10.1. The van der Waals surface area contributed by atoms with Crippen LogP contribution in [0.15, 0.2) is 29.1 Å². The lowest BCUT2D eigenvalue weighted by Crippen LogP contribution is -2.46. The molecule has 3 rings (SSSR count). The van der Waals surface area contributed by atoms with Gasteiger partial charge in [0.15, 0.2) is 5.11 Å². The van der Waals surface area contributed by atoms with Crippen molar-refractivity contribution in [1.82, 2.24) is 25.0 Å². The number of fused-ring (bicyclic) bond motifs is 1. The Morgan fingerprint density at radius 3 is 2.74 bits per heavy atom. The summed E-state index contributed by atoms with van der Waals surface area (Å²) in [6.07, 6.45) is 1.01. The van der Waals surface area contributed by atoms with Crippen molar-refractivity contribution in [2.45, 2.75) is 19.9 Å². The fraction of sp³-hybridized carbons (Fsp3) is 0.565. The van der Waals surface area contributed by atoms with Crippen molar-refractivity contribution in [2.24, 2.45) is 0 Å². The predicted molar refractivity (Wildman–Crippen MR) is 131 cm³/mol. The van der Waals surface area contributed by atoms with Crippen LogP contribution in [-0.4, -0.2) is 91.4 Å². The van der Waals surface area contributed by atoms with E-state index in [1.807, 2.05) is 19.1 Å². The molecule has 170 valence electrons. The Bertz CT molecular complexity index is 924. The summed E-state index contributed by atoms with van der Waals surface area (Å²) in [5.74, 6) is 0. The predicted octanol–water partition coefficient (Wildman–Crippen LogP) is 1.80. The number of nitrogens with one attached hydrogen (secondary N) is 2. The summed E-state index contributed by atoms with van der Waals surface area (Å²) < 4.78 is 5.46. The molecule has 31 heavy (non-hydrogen) atoms. The largest absolute Gasteiger partial charge is 0.379 e. The molecule has 0 unspecified atom stereocenters. The second kappa shape index (κ2) is 11.6. The molecule has 0 amide bonds. The van der Waals surface area contributed by atoms with Crippen LogP contribution < -0.4 is 10.9 Å². The fourth-order valence-electron chi connectivity index (χ4n) is 3.72. The third-order valence-electron chi connectivity index (χ3n) is 5.57. The van der Waals surface area contributed by atoms with Crippen LogP contribution in [0, 0.1) is 6.92 Å². The molecule has 2 N–H and O–H groups in total. The van der Waals surface area contributed by atoms with Crippen molar-refractivity contribution in [2.75, 3.05) is 66.6 Å². The van der Waals surface area contributed by atoms with Crippen molar-refractivity contribution in [3.8, 4) is 0 Å². The lowest BCUT2D eigenvalue weighted by molar-refractivity contribution is 0.0357. The molecule has 0 aliphatic carbocycles. The zero-order chi connectivity index (χ0) is 22.2. The first-order valence-electron chi connectivity index (χ1n) is 11.0. The van der Waals surface area contributed by atoms with Crippen molar-refractivity contribution < 1.29 is 4.74 Å². The first-order valence-corrected chi connectivity index (χ1v) is 11.4. The van der Waals surface area contributed by atoms with Crippen LogP contribution in [0.1, 0.15) is 17.5 Å². The number of H-pyrrole nitrogens is 1. The summed E-state index contributed by atoms with van der Waals surface area (Å²) in [5.41, 5.74) is 2.68. The zero-order valence-corrected chi connectivity index (χ0v) is 19.8. The quantitative estimate of drug-likeness (QED) is 0.451. The monoisotopic (exact) mass is 445 g/mol. The first-order chi connectivity index (χ1) is 14.9. The number of thiocarbonyl (C=S) groups is 1. The minimum atomic E-state index is -0.0510. The Balaban J connectivity index is 1.70. The molecule has 1 aliphatic rings. The Kier molecular flexibility index (Phi) is 8.83. The Morgan fingerprint density at radius 2 is 2.00 bits per heavy atom. The second-order valence-electron chi connectivity index (χ2n) is 8.48. The van der Waals surface area contributed by atoms with Gasteiger partial charge in [-0.3, -0.25) is 9.69 Å². The van der Waals surface area contributed by atoms with E-state index < -0.39 is 0 Å². The molecule has 0 spiro atoms. The topological polar surface area (TPSA) is 63.8 Å². The molecule has 1 aromatic carbocycles. The number of hydrogen-bond acceptors (Lipinski definition) is 5. The van der Waals surface area contributed by atoms with Gasteiger partial charge >= 0.3 is 0 Å². The molecule has 8 heteroatoms. The maximum atomic E-state index is 12.8. The number of hydrogen-bond donors (Lipinski definition) is 2. The van der Waals surface area contributed by atoms with E-state index in [9.17, 15) is 4.79 Å². The summed E-state index contributed by atoms with van der Waals surface area (Å²) in [6, 6.07) is 8.12. The average Bonchev–Trinajstić information content (AvgIpc) is 2.75. The van der Waals surface area contributed by atoms with Gasteiger partial charge in [-0.25, -0.2) is 0 Å². The smallest absolute Gasteiger partial charge is 0.253 e. The number of aromatic amines is 1. The molecule has 0 atom stereocenters. The van der Waals surface area contributed by atoms with E-state index in [1.54, 1.807) is 0 Å². The highest BCUT2D eigenvalue weighted by atomic mass is 32.1. The van der Waals surface area contributed by atoms with Gasteiger partial charge in [-0.2, -0.15) is 0 Å². The van der Waals surface area contributed by atoms with Gasteiger partial charge < -0.3 is 24.8 Å². The standard InChI is InChI=1S/C23H35N5O2S/c1-18-5-6-19-16-20(22(29)25-21(19)15-18)17-28(10-9-27-11-13-30-14-12-27)23(31)24-7-4-8-26(2)3/h5-6,15-16H,4,7-14,17H2,1-3H3,(H,24,31)(H,25,29). The van der Waals surface area contributed by atoms with Gasteiger partial charge in [-0.1, -0.05) is 12.1 Å². The molecule has 0 radical (unpaired) electrons. The fourth-order valence-corrected chi connectivity index (χ4v) is 3.98. The highest BCUT2D eigenvalue weighted by Crippen LogP contribution is 2.14. The molecule has 1 aliphatic heterocycles. The molecule has 1 saturated heterocycles. The number of ether oxygens (including phenoxy) is 1. The van der Waals surface area contributed by atoms with Crippen LogP contribution in [0.4, 0.5) is 0 Å². The normalized spacial score (nSPS) is 14.8. The minimum absolute atomic E-state index is 0.0510. The van der Waals surface area contributed by atoms with Crippen molar-refractivity contribution in [3.63, 3.8) is 0 Å². The third-order valence-corrected chi connectivity index (χ3v) is 5.98. The van der Waals surface area contributed by atoms with Gasteiger partial charge in [0.1, 0.15) is 0 Å². The molecule has 1 fully saturated rings. The number of rotatable bonds is 9. The van der Waals surface area contributed by atoms with E-state index in [4.69, 9.17) is 17.0 Å². The summed E-state index contributed by atoms with van der Waals surface area (Å²) in [4.78, 5) is 22.5. The van der Waals surface area contributed by atoms with Gasteiger partial charge in [-0.15, -0.1) is 0 Å². The molecule has 2 heterocycles. The van der Waals surface area contributed by atoms with Gasteiger partial charge in [0.05, 0.1) is 19.8 Å².